The van der Waals surface area contributed by atoms with Crippen LogP contribution in [0.3, 0.4) is 0 Å². The molecule has 4 atom stereocenters. The highest BCUT2D eigenvalue weighted by atomic mass is 16.6. The molecule has 12 nitrogen and oxygen atoms in total. The van der Waals surface area contributed by atoms with Gasteiger partial charge in [0.1, 0.15) is 5.82 Å². The number of hydrogen-bond donors (Lipinski definition) is 2. The van der Waals surface area contributed by atoms with E-state index in [2.05, 4.69) is 20.3 Å². The minimum Gasteiger partial charge on any atom is -0.457 e. The number of aromatic nitrogens is 2. The zero-order chi connectivity index (χ0) is 20.7. The van der Waals surface area contributed by atoms with Crippen molar-refractivity contribution in [1.29, 1.82) is 0 Å². The molecule has 1 saturated heterocycles. The van der Waals surface area contributed by atoms with Crippen molar-refractivity contribution >= 4 is 17.7 Å². The van der Waals surface area contributed by atoms with E-state index in [9.17, 15) is 19.5 Å². The number of hydrogen-bond acceptors (Lipinski definition) is 8. The summed E-state index contributed by atoms with van der Waals surface area (Å²) in [5.41, 5.74) is 7.85. The fourth-order valence-electron chi connectivity index (χ4n) is 3.04. The summed E-state index contributed by atoms with van der Waals surface area (Å²) in [4.78, 5) is 42.0. The van der Waals surface area contributed by atoms with Crippen LogP contribution in [-0.4, -0.2) is 51.9 Å². The summed E-state index contributed by atoms with van der Waals surface area (Å²) in [6.07, 6.45) is -0.756. The maximum Gasteiger partial charge on any atom is 0.351 e. The van der Waals surface area contributed by atoms with Gasteiger partial charge in [-0.2, -0.15) is 4.98 Å². The third kappa shape index (κ3) is 5.06. The van der Waals surface area contributed by atoms with E-state index in [0.29, 0.717) is 0 Å². The van der Waals surface area contributed by atoms with Gasteiger partial charge in [-0.1, -0.05) is 12.0 Å². The van der Waals surface area contributed by atoms with E-state index < -0.39 is 36.0 Å². The molecule has 2 rings (SSSR count). The number of rotatable bonds is 8. The molecule has 1 amide bonds. The normalized spacial score (nSPS) is 23.7. The fourth-order valence-corrected chi connectivity index (χ4v) is 3.04. The van der Waals surface area contributed by atoms with Gasteiger partial charge in [-0.05, 0) is 18.0 Å². The second-order valence-electron chi connectivity index (χ2n) is 6.13. The van der Waals surface area contributed by atoms with E-state index in [-0.39, 0.29) is 37.7 Å². The summed E-state index contributed by atoms with van der Waals surface area (Å²) >= 11 is 0. The molecule has 0 radical (unpaired) electrons. The monoisotopic (exact) mass is 394 g/mol. The Morgan fingerprint density at radius 2 is 2.29 bits per heavy atom. The van der Waals surface area contributed by atoms with Crippen molar-refractivity contribution in [3.05, 3.63) is 33.2 Å². The largest absolute Gasteiger partial charge is 0.457 e. The fraction of sp³-hybridized carbons (Fsp3) is 0.625. The number of esters is 1. The molecule has 2 heterocycles. The van der Waals surface area contributed by atoms with Gasteiger partial charge in [0.2, 0.25) is 5.91 Å². The minimum atomic E-state index is -1.02. The van der Waals surface area contributed by atoms with Crippen molar-refractivity contribution in [2.24, 2.45) is 11.0 Å². The topological polar surface area (TPSA) is 169 Å². The first-order valence-corrected chi connectivity index (χ1v) is 8.74. The van der Waals surface area contributed by atoms with Crippen LogP contribution in [0, 0.1) is 5.92 Å². The van der Waals surface area contributed by atoms with E-state index in [1.165, 1.54) is 19.2 Å². The quantitative estimate of drug-likeness (QED) is 0.283. The van der Waals surface area contributed by atoms with Crippen molar-refractivity contribution in [3.8, 4) is 0 Å². The van der Waals surface area contributed by atoms with Gasteiger partial charge in [-0.3, -0.25) is 14.2 Å². The van der Waals surface area contributed by atoms with Crippen LogP contribution in [-0.2, 0) is 19.1 Å². The second kappa shape index (κ2) is 9.83. The Morgan fingerprint density at radius 1 is 1.54 bits per heavy atom. The number of nitrogens with one attached hydrogen (secondary N) is 1. The molecule has 1 aliphatic heterocycles. The average molecular weight is 394 g/mol. The van der Waals surface area contributed by atoms with Crippen LogP contribution < -0.4 is 11.0 Å². The van der Waals surface area contributed by atoms with Crippen molar-refractivity contribution in [3.63, 3.8) is 0 Å². The van der Waals surface area contributed by atoms with Crippen molar-refractivity contribution in [1.82, 2.24) is 9.55 Å². The van der Waals surface area contributed by atoms with Gasteiger partial charge in [0, 0.05) is 37.0 Å². The molecule has 1 aliphatic rings. The van der Waals surface area contributed by atoms with Crippen LogP contribution in [0.4, 0.5) is 5.82 Å². The SMILES string of the molecule is CCC(=O)Nc1ccn([C@@H]2O[C@H](CN=[N+]=[N-])[C@@H](CCO)[C@H]2OC(C)=O)c(=O)n1. The Morgan fingerprint density at radius 3 is 2.86 bits per heavy atom. The van der Waals surface area contributed by atoms with Crippen LogP contribution in [0.5, 0.6) is 0 Å². The van der Waals surface area contributed by atoms with Gasteiger partial charge in [-0.15, -0.1) is 0 Å². The van der Waals surface area contributed by atoms with E-state index in [0.717, 1.165) is 4.57 Å². The number of carbonyl (C=O) groups excluding carboxylic acids is 2. The van der Waals surface area contributed by atoms with E-state index in [1.54, 1.807) is 6.92 Å². The second-order valence-corrected chi connectivity index (χ2v) is 6.13. The van der Waals surface area contributed by atoms with Gasteiger partial charge in [-0.25, -0.2) is 4.79 Å². The number of nitrogens with zero attached hydrogens (tertiary/aromatic N) is 5. The number of anilines is 1. The summed E-state index contributed by atoms with van der Waals surface area (Å²) in [6, 6.07) is 1.42. The van der Waals surface area contributed by atoms with Crippen molar-refractivity contribution in [2.45, 2.75) is 45.1 Å². The lowest BCUT2D eigenvalue weighted by Crippen LogP contribution is -2.36. The Bertz CT molecular complexity index is 820. The molecule has 0 saturated carbocycles. The lowest BCUT2D eigenvalue weighted by Gasteiger charge is -2.23. The lowest BCUT2D eigenvalue weighted by atomic mass is 9.94. The molecular weight excluding hydrogens is 372 g/mol. The van der Waals surface area contributed by atoms with Crippen molar-refractivity contribution in [2.75, 3.05) is 18.5 Å². The predicted octanol–water partition coefficient (Wildman–Crippen LogP) is 0.730. The first kappa shape index (κ1) is 21.4. The Kier molecular flexibility index (Phi) is 7.50. The summed E-state index contributed by atoms with van der Waals surface area (Å²) in [5.74, 6) is -1.28. The summed E-state index contributed by atoms with van der Waals surface area (Å²) in [5, 5.41) is 15.3. The molecular formula is C16H22N6O6. The predicted molar refractivity (Wildman–Crippen MR) is 96.1 cm³/mol. The van der Waals surface area contributed by atoms with Crippen LogP contribution >= 0.6 is 0 Å². The molecule has 0 aromatic carbocycles. The van der Waals surface area contributed by atoms with E-state index in [4.69, 9.17) is 15.0 Å². The molecule has 1 aromatic rings. The zero-order valence-electron chi connectivity index (χ0n) is 15.5. The number of azide groups is 1. The number of carbonyl (C=O) groups is 2. The zero-order valence-corrected chi connectivity index (χ0v) is 15.5. The molecule has 0 bridgehead atoms. The minimum absolute atomic E-state index is 0.0533. The van der Waals surface area contributed by atoms with Gasteiger partial charge in [0.15, 0.2) is 12.3 Å². The van der Waals surface area contributed by atoms with Crippen LogP contribution in [0.15, 0.2) is 22.2 Å². The molecule has 0 spiro atoms. The van der Waals surface area contributed by atoms with Gasteiger partial charge in [0.05, 0.1) is 12.6 Å². The highest BCUT2D eigenvalue weighted by Crippen LogP contribution is 2.37. The van der Waals surface area contributed by atoms with Gasteiger partial charge >= 0.3 is 11.7 Å². The maximum atomic E-state index is 12.5. The Labute approximate surface area is 160 Å². The van der Waals surface area contributed by atoms with E-state index >= 15 is 0 Å². The summed E-state index contributed by atoms with van der Waals surface area (Å²) in [7, 11) is 0. The van der Waals surface area contributed by atoms with Crippen LogP contribution in [0.25, 0.3) is 10.4 Å². The average Bonchev–Trinajstić information content (AvgIpc) is 2.97. The third-order valence-electron chi connectivity index (χ3n) is 4.28. The number of aliphatic hydroxyl groups excluding tert-OH is 1. The van der Waals surface area contributed by atoms with Gasteiger partial charge < -0.3 is 19.9 Å². The molecule has 1 aromatic heterocycles. The smallest absolute Gasteiger partial charge is 0.351 e. The molecule has 0 aliphatic carbocycles. The summed E-state index contributed by atoms with van der Waals surface area (Å²) < 4.78 is 12.3. The van der Waals surface area contributed by atoms with E-state index in [1.807, 2.05) is 0 Å². The van der Waals surface area contributed by atoms with Crippen molar-refractivity contribution < 1.29 is 24.2 Å². The Hall–Kier alpha value is -2.95. The standard InChI is InChI=1S/C16H22N6O6/c1-3-13(25)19-12-4-6-22(16(26)20-12)15-14(27-9(2)24)10(5-7-23)11(28-15)8-18-21-17/h4,6,10-11,14-15,23H,3,5,7-8H2,1-2H3,(H,19,20,25,26)/t10-,11-,14-,15-/m1/s1. The number of amides is 1. The highest BCUT2D eigenvalue weighted by Gasteiger charge is 2.47. The number of aliphatic hydroxyl groups is 1. The summed E-state index contributed by atoms with van der Waals surface area (Å²) in [6.45, 7) is 2.62. The molecule has 0 unspecified atom stereocenters. The first-order valence-electron chi connectivity index (χ1n) is 8.74. The van der Waals surface area contributed by atoms with Crippen LogP contribution in [0.2, 0.25) is 0 Å². The van der Waals surface area contributed by atoms with Gasteiger partial charge in [0.25, 0.3) is 0 Å². The van der Waals surface area contributed by atoms with Crippen LogP contribution in [0.1, 0.15) is 32.9 Å². The highest BCUT2D eigenvalue weighted by molar-refractivity contribution is 5.89. The molecule has 12 heteroatoms. The molecule has 28 heavy (non-hydrogen) atoms. The molecule has 152 valence electrons. The molecule has 1 fully saturated rings. The maximum absolute atomic E-state index is 12.5. The third-order valence-corrected chi connectivity index (χ3v) is 4.28. The lowest BCUT2D eigenvalue weighted by molar-refractivity contribution is -0.154. The number of ether oxygens (including phenoxy) is 2. The molecule has 2 N–H and O–H groups in total. The Balaban J connectivity index is 2.36. The first-order chi connectivity index (χ1) is 13.4.